The van der Waals surface area contributed by atoms with Crippen molar-refractivity contribution in [3.63, 3.8) is 0 Å². The van der Waals surface area contributed by atoms with Crippen molar-refractivity contribution >= 4 is 217 Å². The number of hydrogen-bond donors (Lipinski definition) is 0. The standard InChI is InChI=1S/5C26H24O/c1-15-12-16(2)24(26(3,4)5)25-23(15)21-14-20-18(13-22(21)27-25)11-10-17-8-6-7-9-19(17)20;1-15-12-16(2)24(26(3,4)5)25-23(15)21-13-18-11-10-17-8-6-7-9-19(17)20(18)14-22(21)27-25;1-15-14-16(2)24(26(3,4)5)25-21(15)23-20(27-25)13-12-18-11-10-17-8-6-7-9-19(17)22(18)23;1-15-14-16(2)24(26(3,4)5)25-22(15)23-20-11-10-17-8-6-7-9-18(17)19(20)12-13-21(23)27-25;1-15-14-16(2)23(26(3,4)5)25-22(15)21-13-12-19-18-9-7-6-8-17(18)10-11-20(19)24(21)27-25/h5*6-14H,1-5H3/i5*1D3. The van der Waals surface area contributed by atoms with E-state index in [-0.39, 0.29) is 27.1 Å². The van der Waals surface area contributed by atoms with E-state index in [4.69, 9.17) is 42.6 Å². The summed E-state index contributed by atoms with van der Waals surface area (Å²) in [6.07, 6.45) is 0. The van der Waals surface area contributed by atoms with Crippen LogP contribution in [0.25, 0.3) is 217 Å². The van der Waals surface area contributed by atoms with Crippen molar-refractivity contribution in [2.45, 2.75) is 200 Å². The predicted octanol–water partition coefficient (Wildman–Crippen LogP) is 39.0. The Balaban J connectivity index is 0.000000109. The maximum absolute atomic E-state index is 8.25. The first-order valence-electron chi connectivity index (χ1n) is 54.4. The van der Waals surface area contributed by atoms with Crippen molar-refractivity contribution in [2.24, 2.45) is 0 Å². The van der Waals surface area contributed by atoms with Crippen molar-refractivity contribution in [3.8, 4) is 0 Å². The largest absolute Gasteiger partial charge is 0.456 e. The van der Waals surface area contributed by atoms with E-state index in [1.807, 2.05) is 150 Å². The van der Waals surface area contributed by atoms with Gasteiger partial charge in [0, 0.05) is 113 Å². The molecule has 0 radical (unpaired) electrons. The van der Waals surface area contributed by atoms with Gasteiger partial charge in [-0.05, 0) is 297 Å². The summed E-state index contributed by atoms with van der Waals surface area (Å²) >= 11 is 0. The van der Waals surface area contributed by atoms with Crippen LogP contribution in [-0.2, 0) is 27.1 Å². The summed E-state index contributed by atoms with van der Waals surface area (Å²) in [5, 5.41) is 30.4. The minimum absolute atomic E-state index is 0.171. The summed E-state index contributed by atoms with van der Waals surface area (Å²) in [5.41, 5.74) is 18.2. The Bertz CT molecular complexity index is 9780. The van der Waals surface area contributed by atoms with Gasteiger partial charge in [-0.25, -0.2) is 0 Å². The predicted molar refractivity (Wildman–Crippen MR) is 585 cm³/mol. The van der Waals surface area contributed by atoms with Crippen LogP contribution in [0.3, 0.4) is 0 Å². The molecule has 0 atom stereocenters. The molecular formula is C130H120O5. The second-order valence-corrected chi connectivity index (χ2v) is 42.5. The molecule has 0 N–H and O–H groups in total. The highest BCUT2D eigenvalue weighted by atomic mass is 16.3. The van der Waals surface area contributed by atoms with E-state index in [0.717, 1.165) is 213 Å². The molecule has 5 nitrogen and oxygen atoms in total. The molecule has 5 heteroatoms. The lowest BCUT2D eigenvalue weighted by molar-refractivity contribution is 0.568. The van der Waals surface area contributed by atoms with Gasteiger partial charge < -0.3 is 22.1 Å². The van der Waals surface area contributed by atoms with Crippen LogP contribution in [0.5, 0.6) is 0 Å². The lowest BCUT2D eigenvalue weighted by atomic mass is 9.81. The summed E-state index contributed by atoms with van der Waals surface area (Å²) in [4.78, 5) is 0. The van der Waals surface area contributed by atoms with Crippen molar-refractivity contribution in [1.29, 1.82) is 0 Å². The van der Waals surface area contributed by atoms with E-state index in [0.29, 0.717) is 55.7 Å². The summed E-state index contributed by atoms with van der Waals surface area (Å²) < 4.78 is 155. The lowest BCUT2D eigenvalue weighted by Crippen LogP contribution is -2.13. The zero-order chi connectivity index (χ0) is 107. The molecular weight excluding hydrogens is 1640 g/mol. The van der Waals surface area contributed by atoms with E-state index in [1.165, 1.54) is 32.3 Å². The fourth-order valence-corrected chi connectivity index (χ4v) is 22.8. The molecule has 0 fully saturated rings. The Morgan fingerprint density at radius 2 is 0.444 bits per heavy atom. The zero-order valence-corrected chi connectivity index (χ0v) is 80.5. The van der Waals surface area contributed by atoms with Crippen LogP contribution in [0.15, 0.2) is 295 Å². The molecule has 20 aromatic carbocycles. The smallest absolute Gasteiger partial charge is 0.143 e. The molecule has 0 spiro atoms. The highest BCUT2D eigenvalue weighted by molar-refractivity contribution is 6.29. The van der Waals surface area contributed by atoms with Gasteiger partial charge in [-0.3, -0.25) is 0 Å². The number of fused-ring (bicyclic) bond motifs is 33. The number of benzene rings is 20. The third-order valence-electron chi connectivity index (χ3n) is 27.8. The summed E-state index contributed by atoms with van der Waals surface area (Å²) in [6.45, 7) is 30.9. The van der Waals surface area contributed by atoms with Crippen molar-refractivity contribution in [2.75, 3.05) is 0 Å². The highest BCUT2D eigenvalue weighted by Gasteiger charge is 2.32. The molecule has 0 amide bonds. The van der Waals surface area contributed by atoms with Crippen LogP contribution < -0.4 is 0 Å². The first-order chi connectivity index (χ1) is 70.3. The lowest BCUT2D eigenvalue weighted by Gasteiger charge is -2.22. The Hall–Kier alpha value is -14.0. The quantitative estimate of drug-likeness (QED) is 0.142. The number of furan rings is 5. The first kappa shape index (κ1) is 71.6. The van der Waals surface area contributed by atoms with Crippen LogP contribution in [0.2, 0.25) is 0 Å². The normalized spacial score (nSPS) is 14.7. The molecule has 5 heterocycles. The number of aryl methyl sites for hydroxylation is 10. The van der Waals surface area contributed by atoms with E-state index < -0.39 is 34.3 Å². The molecule has 0 saturated heterocycles. The van der Waals surface area contributed by atoms with Gasteiger partial charge >= 0.3 is 0 Å². The Morgan fingerprint density at radius 1 is 0.163 bits per heavy atom. The van der Waals surface area contributed by atoms with Crippen molar-refractivity contribution in [3.05, 3.63) is 356 Å². The van der Waals surface area contributed by atoms with Crippen LogP contribution in [-0.4, -0.2) is 0 Å². The first-order valence-corrected chi connectivity index (χ1v) is 46.9. The van der Waals surface area contributed by atoms with Gasteiger partial charge in [0.2, 0.25) is 0 Å². The van der Waals surface area contributed by atoms with Gasteiger partial charge in [-0.1, -0.05) is 328 Å². The van der Waals surface area contributed by atoms with Crippen molar-refractivity contribution in [1.82, 2.24) is 0 Å². The molecule has 135 heavy (non-hydrogen) atoms. The number of hydrogen-bond acceptors (Lipinski definition) is 5. The molecule has 25 aromatic rings. The monoisotopic (exact) mass is 1780 g/mol. The molecule has 0 unspecified atom stereocenters. The second-order valence-electron chi connectivity index (χ2n) is 42.5. The van der Waals surface area contributed by atoms with Gasteiger partial charge in [0.15, 0.2) is 0 Å². The van der Waals surface area contributed by atoms with Crippen LogP contribution in [0.4, 0.5) is 0 Å². The van der Waals surface area contributed by atoms with Crippen molar-refractivity contribution < 1.29 is 42.6 Å². The summed E-state index contributed by atoms with van der Waals surface area (Å²) in [7, 11) is 0. The summed E-state index contributed by atoms with van der Waals surface area (Å²) in [5.74, 6) is 0. The molecule has 0 aliphatic rings. The van der Waals surface area contributed by atoms with Gasteiger partial charge in [-0.15, -0.1) is 0 Å². The van der Waals surface area contributed by atoms with Crippen LogP contribution in [0.1, 0.15) is 208 Å². The fourth-order valence-electron chi connectivity index (χ4n) is 22.8. The molecule has 0 aliphatic heterocycles. The second kappa shape index (κ2) is 31.8. The van der Waals surface area contributed by atoms with E-state index >= 15 is 0 Å². The van der Waals surface area contributed by atoms with Gasteiger partial charge in [-0.2, -0.15) is 0 Å². The molecule has 25 rings (SSSR count). The van der Waals surface area contributed by atoms with E-state index in [1.54, 1.807) is 0 Å². The third-order valence-corrected chi connectivity index (χ3v) is 27.8. The van der Waals surface area contributed by atoms with Gasteiger partial charge in [0.25, 0.3) is 0 Å². The zero-order valence-electron chi connectivity index (χ0n) is 95.5. The molecule has 5 aromatic heterocycles. The Morgan fingerprint density at radius 3 is 0.896 bits per heavy atom. The maximum Gasteiger partial charge on any atom is 0.143 e. The van der Waals surface area contributed by atoms with E-state index in [2.05, 4.69) is 262 Å². The minimum atomic E-state index is -2.23. The average molecular weight is 1780 g/mol. The number of rotatable bonds is 0. The highest BCUT2D eigenvalue weighted by Crippen LogP contribution is 2.51. The van der Waals surface area contributed by atoms with Crippen LogP contribution in [0, 0.1) is 68.9 Å². The average Bonchev–Trinajstić information content (AvgIpc) is 1.55. The topological polar surface area (TPSA) is 65.7 Å². The fraction of sp³-hybridized carbons (Fsp3) is 0.231. The SMILES string of the molecule is [2H]C([2H])([2H])c1cc(C)c(C(C)(C)C)c2oc3c4ccc5ccccc5c4ccc3c12.[2H]C([2H])([2H])c1cc(C)c(C(C)(C)C)c2oc3cc4c(ccc5ccccc54)cc3c12.[2H]C([2H])([2H])c1cc(C)c(C(C)(C)C)c2oc3cc4ccc5ccccc5c4cc3c12.[2H]C([2H])([2H])c1cc(C)c(C(C)(C)C)c2oc3ccc4c5ccccc5ccc4c3c12.[2H]C([2H])([2H])c1cc(C)c(C(C)(C)C)c2oc3ccc4ccc5ccccc5c4c3c12. The molecule has 670 valence electrons. The van der Waals surface area contributed by atoms with E-state index in [9.17, 15) is 0 Å². The Kier molecular flexibility index (Phi) is 16.9. The Labute approximate surface area is 811 Å². The third kappa shape index (κ3) is 14.5. The molecule has 0 aliphatic carbocycles. The molecule has 0 saturated carbocycles. The molecule has 0 bridgehead atoms. The van der Waals surface area contributed by atoms with Crippen LogP contribution >= 0.6 is 0 Å². The van der Waals surface area contributed by atoms with Gasteiger partial charge in [0.1, 0.15) is 55.8 Å². The summed E-state index contributed by atoms with van der Waals surface area (Å²) in [6, 6.07) is 92.1. The minimum Gasteiger partial charge on any atom is -0.456 e. The van der Waals surface area contributed by atoms with Gasteiger partial charge in [0.05, 0.1) is 0 Å². The maximum atomic E-state index is 8.25.